The molecule has 0 unspecified atom stereocenters. The van der Waals surface area contributed by atoms with Crippen LogP contribution < -0.4 is 15.8 Å². The Hall–Kier alpha value is -1.62. The molecule has 5 heteroatoms. The third-order valence-corrected chi connectivity index (χ3v) is 2.41. The van der Waals surface area contributed by atoms with Gasteiger partial charge in [0.25, 0.3) is 0 Å². The van der Waals surface area contributed by atoms with Gasteiger partial charge in [-0.15, -0.1) is 0 Å². The van der Waals surface area contributed by atoms with Crippen LogP contribution in [0.2, 0.25) is 0 Å². The number of pyridine rings is 1. The zero-order valence-corrected chi connectivity index (χ0v) is 10.5. The normalized spacial score (nSPS) is 11.1. The third kappa shape index (κ3) is 3.71. The zero-order chi connectivity index (χ0) is 12.9. The van der Waals surface area contributed by atoms with Crippen LogP contribution in [0.3, 0.4) is 0 Å². The maximum absolute atomic E-state index is 11.8. The lowest BCUT2D eigenvalue weighted by Gasteiger charge is -2.21. The summed E-state index contributed by atoms with van der Waals surface area (Å²) in [5.74, 6) is 0.426. The standard InChI is InChI=1S/C12H19N3O2/c1-4-17-10-6-5-9(7-14-10)15-11(16)12(2,3)8-13/h5-7H,4,8,13H2,1-3H3,(H,15,16). The smallest absolute Gasteiger partial charge is 0.231 e. The topological polar surface area (TPSA) is 77.2 Å². The minimum atomic E-state index is -0.585. The highest BCUT2D eigenvalue weighted by molar-refractivity contribution is 5.94. The second kappa shape index (κ2) is 5.63. The lowest BCUT2D eigenvalue weighted by Crippen LogP contribution is -2.37. The number of rotatable bonds is 5. The number of hydrogen-bond acceptors (Lipinski definition) is 4. The van der Waals surface area contributed by atoms with Gasteiger partial charge in [0.15, 0.2) is 0 Å². The molecule has 0 saturated carbocycles. The van der Waals surface area contributed by atoms with E-state index in [0.29, 0.717) is 24.7 Å². The highest BCUT2D eigenvalue weighted by Gasteiger charge is 2.25. The summed E-state index contributed by atoms with van der Waals surface area (Å²) in [6, 6.07) is 3.47. The summed E-state index contributed by atoms with van der Waals surface area (Å²) in [7, 11) is 0. The van der Waals surface area contributed by atoms with Gasteiger partial charge in [-0.05, 0) is 26.8 Å². The average molecular weight is 237 g/mol. The van der Waals surface area contributed by atoms with Crippen molar-refractivity contribution in [1.82, 2.24) is 4.98 Å². The molecule has 3 N–H and O–H groups in total. The van der Waals surface area contributed by atoms with Crippen LogP contribution in [0.25, 0.3) is 0 Å². The molecule has 0 radical (unpaired) electrons. The maximum atomic E-state index is 11.8. The fourth-order valence-electron chi connectivity index (χ4n) is 1.08. The Morgan fingerprint density at radius 1 is 1.53 bits per heavy atom. The first kappa shape index (κ1) is 13.4. The average Bonchev–Trinajstić information content (AvgIpc) is 2.32. The lowest BCUT2D eigenvalue weighted by molar-refractivity contribution is -0.123. The van der Waals surface area contributed by atoms with Gasteiger partial charge in [-0.3, -0.25) is 4.79 Å². The molecule has 1 rings (SSSR count). The van der Waals surface area contributed by atoms with Gasteiger partial charge in [0.05, 0.1) is 23.9 Å². The fraction of sp³-hybridized carbons (Fsp3) is 0.500. The first-order chi connectivity index (χ1) is 7.99. The minimum absolute atomic E-state index is 0.119. The van der Waals surface area contributed by atoms with Gasteiger partial charge in [0, 0.05) is 12.6 Å². The SMILES string of the molecule is CCOc1ccc(NC(=O)C(C)(C)CN)cn1. The summed E-state index contributed by atoms with van der Waals surface area (Å²) in [6.07, 6.45) is 1.56. The molecule has 1 aromatic rings. The van der Waals surface area contributed by atoms with Crippen LogP contribution in [0.1, 0.15) is 20.8 Å². The number of nitrogens with zero attached hydrogens (tertiary/aromatic N) is 1. The van der Waals surface area contributed by atoms with Crippen molar-refractivity contribution in [3.05, 3.63) is 18.3 Å². The maximum Gasteiger partial charge on any atom is 0.231 e. The predicted octanol–water partition coefficient (Wildman–Crippen LogP) is 1.40. The van der Waals surface area contributed by atoms with Gasteiger partial charge in [0.1, 0.15) is 0 Å². The van der Waals surface area contributed by atoms with Crippen molar-refractivity contribution in [2.75, 3.05) is 18.5 Å². The lowest BCUT2D eigenvalue weighted by atomic mass is 9.93. The molecule has 1 aromatic heterocycles. The molecular formula is C12H19N3O2. The van der Waals surface area contributed by atoms with Crippen LogP contribution in [-0.4, -0.2) is 24.0 Å². The van der Waals surface area contributed by atoms with Gasteiger partial charge >= 0.3 is 0 Å². The van der Waals surface area contributed by atoms with Crippen molar-refractivity contribution < 1.29 is 9.53 Å². The Morgan fingerprint density at radius 3 is 2.71 bits per heavy atom. The molecule has 5 nitrogen and oxygen atoms in total. The largest absolute Gasteiger partial charge is 0.478 e. The Labute approximate surface area is 101 Å². The molecule has 94 valence electrons. The monoisotopic (exact) mass is 237 g/mol. The first-order valence-electron chi connectivity index (χ1n) is 5.60. The number of nitrogens with one attached hydrogen (secondary N) is 1. The molecule has 0 aliphatic heterocycles. The Balaban J connectivity index is 2.66. The molecular weight excluding hydrogens is 218 g/mol. The van der Waals surface area contributed by atoms with E-state index in [0.717, 1.165) is 0 Å². The van der Waals surface area contributed by atoms with Gasteiger partial charge in [0.2, 0.25) is 11.8 Å². The van der Waals surface area contributed by atoms with Crippen molar-refractivity contribution in [3.8, 4) is 5.88 Å². The Bertz CT molecular complexity index is 374. The summed E-state index contributed by atoms with van der Waals surface area (Å²) in [5.41, 5.74) is 5.58. The molecule has 1 amide bonds. The summed E-state index contributed by atoms with van der Waals surface area (Å²) >= 11 is 0. The van der Waals surface area contributed by atoms with E-state index in [-0.39, 0.29) is 5.91 Å². The number of carbonyl (C=O) groups is 1. The van der Waals surface area contributed by atoms with Crippen molar-refractivity contribution >= 4 is 11.6 Å². The number of nitrogens with two attached hydrogens (primary N) is 1. The zero-order valence-electron chi connectivity index (χ0n) is 10.5. The molecule has 0 aromatic carbocycles. The number of ether oxygens (including phenoxy) is 1. The molecule has 17 heavy (non-hydrogen) atoms. The van der Waals surface area contributed by atoms with E-state index in [1.165, 1.54) is 0 Å². The molecule has 0 aliphatic carbocycles. The van der Waals surface area contributed by atoms with Gasteiger partial charge < -0.3 is 15.8 Å². The predicted molar refractivity (Wildman–Crippen MR) is 66.9 cm³/mol. The van der Waals surface area contributed by atoms with Gasteiger partial charge in [-0.25, -0.2) is 4.98 Å². The van der Waals surface area contributed by atoms with Crippen molar-refractivity contribution in [3.63, 3.8) is 0 Å². The minimum Gasteiger partial charge on any atom is -0.478 e. The fourth-order valence-corrected chi connectivity index (χ4v) is 1.08. The van der Waals surface area contributed by atoms with Crippen LogP contribution in [0.5, 0.6) is 5.88 Å². The summed E-state index contributed by atoms with van der Waals surface area (Å²) < 4.78 is 5.21. The van der Waals surface area contributed by atoms with E-state index < -0.39 is 5.41 Å². The van der Waals surface area contributed by atoms with Gasteiger partial charge in [-0.2, -0.15) is 0 Å². The van der Waals surface area contributed by atoms with Crippen LogP contribution in [0.4, 0.5) is 5.69 Å². The van der Waals surface area contributed by atoms with Gasteiger partial charge in [-0.1, -0.05) is 0 Å². The molecule has 0 atom stereocenters. The van der Waals surface area contributed by atoms with E-state index in [1.807, 2.05) is 6.92 Å². The molecule has 0 aliphatic rings. The van der Waals surface area contributed by atoms with Crippen LogP contribution in [0, 0.1) is 5.41 Å². The number of aromatic nitrogens is 1. The van der Waals surface area contributed by atoms with Crippen LogP contribution in [0.15, 0.2) is 18.3 Å². The second-order valence-corrected chi connectivity index (χ2v) is 4.36. The van der Waals surface area contributed by atoms with E-state index in [9.17, 15) is 4.79 Å². The summed E-state index contributed by atoms with van der Waals surface area (Å²) in [4.78, 5) is 15.9. The van der Waals surface area contributed by atoms with E-state index in [4.69, 9.17) is 10.5 Å². The number of amides is 1. The molecule has 0 saturated heterocycles. The number of anilines is 1. The summed E-state index contributed by atoms with van der Waals surface area (Å²) in [5, 5.41) is 2.77. The van der Waals surface area contributed by atoms with Crippen LogP contribution in [-0.2, 0) is 4.79 Å². The Morgan fingerprint density at radius 2 is 2.24 bits per heavy atom. The number of hydrogen-bond donors (Lipinski definition) is 2. The summed E-state index contributed by atoms with van der Waals surface area (Å²) in [6.45, 7) is 6.35. The second-order valence-electron chi connectivity index (χ2n) is 4.36. The highest BCUT2D eigenvalue weighted by atomic mass is 16.5. The van der Waals surface area contributed by atoms with E-state index in [2.05, 4.69) is 10.3 Å². The molecule has 1 heterocycles. The third-order valence-electron chi connectivity index (χ3n) is 2.41. The van der Waals surface area contributed by atoms with Crippen molar-refractivity contribution in [2.45, 2.75) is 20.8 Å². The van der Waals surface area contributed by atoms with Crippen molar-refractivity contribution in [1.29, 1.82) is 0 Å². The molecule has 0 fully saturated rings. The van der Waals surface area contributed by atoms with Crippen LogP contribution >= 0.6 is 0 Å². The van der Waals surface area contributed by atoms with E-state index >= 15 is 0 Å². The quantitative estimate of drug-likeness (QED) is 0.811. The Kier molecular flexibility index (Phi) is 4.45. The molecule has 0 bridgehead atoms. The molecule has 0 spiro atoms. The van der Waals surface area contributed by atoms with E-state index in [1.54, 1.807) is 32.2 Å². The number of carbonyl (C=O) groups excluding carboxylic acids is 1. The first-order valence-corrected chi connectivity index (χ1v) is 5.60. The highest BCUT2D eigenvalue weighted by Crippen LogP contribution is 2.17. The van der Waals surface area contributed by atoms with Crippen molar-refractivity contribution in [2.24, 2.45) is 11.1 Å².